The van der Waals surface area contributed by atoms with Crippen LogP contribution >= 0.6 is 23.4 Å². The maximum absolute atomic E-state index is 12.9. The van der Waals surface area contributed by atoms with Crippen molar-refractivity contribution in [3.05, 3.63) is 110 Å². The molecule has 8 nitrogen and oxygen atoms in total. The zero-order valence-corrected chi connectivity index (χ0v) is 19.6. The van der Waals surface area contributed by atoms with Gasteiger partial charge in [0.1, 0.15) is 12.4 Å². The number of nitrogens with zero attached hydrogens (tertiary/aromatic N) is 2. The fourth-order valence-electron chi connectivity index (χ4n) is 3.28. The van der Waals surface area contributed by atoms with Gasteiger partial charge >= 0.3 is 0 Å². The quantitative estimate of drug-likeness (QED) is 0.165. The second-order valence-corrected chi connectivity index (χ2v) is 8.81. The van der Waals surface area contributed by atoms with Gasteiger partial charge in [0, 0.05) is 33.8 Å². The van der Waals surface area contributed by atoms with E-state index in [9.17, 15) is 24.5 Å². The fourth-order valence-corrected chi connectivity index (χ4v) is 4.30. The molecule has 0 N–H and O–H groups in total. The molecule has 0 radical (unpaired) electrons. The first kappa shape index (κ1) is 24.2. The minimum absolute atomic E-state index is 0.153. The summed E-state index contributed by atoms with van der Waals surface area (Å²) in [4.78, 5) is 49.1. The molecule has 1 heterocycles. The third kappa shape index (κ3) is 5.59. The van der Waals surface area contributed by atoms with Crippen LogP contribution in [0.3, 0.4) is 0 Å². The Labute approximate surface area is 209 Å². The predicted molar refractivity (Wildman–Crippen MR) is 132 cm³/mol. The summed E-state index contributed by atoms with van der Waals surface area (Å²) >= 11 is 6.91. The van der Waals surface area contributed by atoms with Crippen molar-refractivity contribution in [1.29, 1.82) is 0 Å². The molecule has 0 atom stereocenters. The van der Waals surface area contributed by atoms with E-state index in [0.29, 0.717) is 16.3 Å². The predicted octanol–water partition coefficient (Wildman–Crippen LogP) is 5.75. The number of hydrogen-bond donors (Lipinski definition) is 0. The number of rotatable bonds is 8. The Bertz CT molecular complexity index is 1360. The monoisotopic (exact) mass is 508 g/mol. The van der Waals surface area contributed by atoms with Crippen LogP contribution < -0.4 is 4.74 Å². The first-order chi connectivity index (χ1) is 16.8. The van der Waals surface area contributed by atoms with Crippen LogP contribution in [0, 0.1) is 10.1 Å². The van der Waals surface area contributed by atoms with Crippen LogP contribution in [0.25, 0.3) is 6.08 Å². The second-order valence-electron chi connectivity index (χ2n) is 7.41. The lowest BCUT2D eigenvalue weighted by Gasteiger charge is -2.12. The van der Waals surface area contributed by atoms with Crippen molar-refractivity contribution in [2.24, 2.45) is 0 Å². The standard InChI is InChI=1S/C25H17ClN2O6S/c26-20-7-3-1-6-18(20)15-34-22-8-4-2-5-17(22)13-23-24(30)27(25(31)35-23)14-21(29)16-9-11-19(12-10-16)28(32)33/h1-13H,14-15H2/b23-13+. The molecule has 0 aromatic heterocycles. The number of ketones is 1. The SMILES string of the molecule is O=C(CN1C(=O)S/C(=C/c2ccccc2OCc2ccccc2Cl)C1=O)c1ccc([N+](=O)[O-])cc1. The van der Waals surface area contributed by atoms with E-state index in [-0.39, 0.29) is 22.8 Å². The Morgan fingerprint density at radius 1 is 1.03 bits per heavy atom. The number of ether oxygens (including phenoxy) is 1. The van der Waals surface area contributed by atoms with Crippen LogP contribution in [0.2, 0.25) is 5.02 Å². The summed E-state index contributed by atoms with van der Waals surface area (Å²) < 4.78 is 5.90. The summed E-state index contributed by atoms with van der Waals surface area (Å²) in [6, 6.07) is 19.3. The molecular weight excluding hydrogens is 492 g/mol. The number of nitro groups is 1. The molecular formula is C25H17ClN2O6S. The van der Waals surface area contributed by atoms with Gasteiger partial charge in [-0.2, -0.15) is 0 Å². The van der Waals surface area contributed by atoms with E-state index in [0.717, 1.165) is 22.2 Å². The summed E-state index contributed by atoms with van der Waals surface area (Å²) in [6.45, 7) is -0.250. The Balaban J connectivity index is 1.48. The topological polar surface area (TPSA) is 107 Å². The molecule has 2 amide bonds. The van der Waals surface area contributed by atoms with Crippen LogP contribution in [0.15, 0.2) is 77.7 Å². The van der Waals surface area contributed by atoms with Crippen molar-refractivity contribution < 1.29 is 24.0 Å². The first-order valence-corrected chi connectivity index (χ1v) is 11.5. The smallest absolute Gasteiger partial charge is 0.293 e. The average molecular weight is 509 g/mol. The number of carbonyl (C=O) groups is 3. The number of imide groups is 1. The largest absolute Gasteiger partial charge is 0.488 e. The maximum Gasteiger partial charge on any atom is 0.293 e. The van der Waals surface area contributed by atoms with Crippen LogP contribution in [0.1, 0.15) is 21.5 Å². The van der Waals surface area contributed by atoms with Crippen molar-refractivity contribution in [3.63, 3.8) is 0 Å². The number of carbonyl (C=O) groups excluding carboxylic acids is 3. The summed E-state index contributed by atoms with van der Waals surface area (Å²) in [5, 5.41) is 10.8. The number of thioether (sulfide) groups is 1. The third-order valence-corrected chi connectivity index (χ3v) is 6.40. The maximum atomic E-state index is 12.9. The molecule has 0 aliphatic carbocycles. The van der Waals surface area contributed by atoms with Gasteiger partial charge in [-0.1, -0.05) is 48.0 Å². The van der Waals surface area contributed by atoms with Gasteiger partial charge in [-0.25, -0.2) is 0 Å². The van der Waals surface area contributed by atoms with Gasteiger partial charge in [0.15, 0.2) is 5.78 Å². The lowest BCUT2D eigenvalue weighted by molar-refractivity contribution is -0.384. The first-order valence-electron chi connectivity index (χ1n) is 10.3. The van der Waals surface area contributed by atoms with Crippen molar-refractivity contribution in [2.45, 2.75) is 6.61 Å². The number of nitro benzene ring substituents is 1. The summed E-state index contributed by atoms with van der Waals surface area (Å²) in [7, 11) is 0. The summed E-state index contributed by atoms with van der Waals surface area (Å²) in [5.74, 6) is -0.607. The Morgan fingerprint density at radius 3 is 2.43 bits per heavy atom. The Hall–Kier alpha value is -3.95. The second kappa shape index (κ2) is 10.5. The zero-order valence-electron chi connectivity index (χ0n) is 18.0. The minimum atomic E-state index is -0.601. The van der Waals surface area contributed by atoms with Gasteiger partial charge in [0.2, 0.25) is 0 Å². The normalized spacial score (nSPS) is 14.4. The molecule has 1 fully saturated rings. The lowest BCUT2D eigenvalue weighted by atomic mass is 10.1. The van der Waals surface area contributed by atoms with Gasteiger partial charge in [-0.15, -0.1) is 0 Å². The Morgan fingerprint density at radius 2 is 1.71 bits per heavy atom. The highest BCUT2D eigenvalue weighted by atomic mass is 35.5. The third-order valence-electron chi connectivity index (χ3n) is 5.12. The number of para-hydroxylation sites is 1. The molecule has 1 aliphatic rings. The van der Waals surface area contributed by atoms with Gasteiger partial charge in [0.05, 0.1) is 16.4 Å². The van der Waals surface area contributed by atoms with E-state index < -0.39 is 28.4 Å². The number of Topliss-reactive ketones (excluding diaryl/α,β-unsaturated/α-hetero) is 1. The fraction of sp³-hybridized carbons (Fsp3) is 0.0800. The van der Waals surface area contributed by atoms with E-state index in [4.69, 9.17) is 16.3 Å². The average Bonchev–Trinajstić information content (AvgIpc) is 3.11. The van der Waals surface area contributed by atoms with E-state index >= 15 is 0 Å². The molecule has 3 aromatic rings. The molecule has 0 unspecified atom stereocenters. The van der Waals surface area contributed by atoms with E-state index in [2.05, 4.69) is 0 Å². The number of benzene rings is 3. The van der Waals surface area contributed by atoms with Crippen LogP contribution in [0.5, 0.6) is 5.75 Å². The molecule has 176 valence electrons. The molecule has 35 heavy (non-hydrogen) atoms. The van der Waals surface area contributed by atoms with Gasteiger partial charge in [-0.3, -0.25) is 29.4 Å². The lowest BCUT2D eigenvalue weighted by Crippen LogP contribution is -2.33. The van der Waals surface area contributed by atoms with Crippen molar-refractivity contribution >= 4 is 52.1 Å². The minimum Gasteiger partial charge on any atom is -0.488 e. The van der Waals surface area contributed by atoms with Gasteiger partial charge in [-0.05, 0) is 42.1 Å². The van der Waals surface area contributed by atoms with Crippen molar-refractivity contribution in [2.75, 3.05) is 6.54 Å². The van der Waals surface area contributed by atoms with E-state index in [1.807, 2.05) is 18.2 Å². The van der Waals surface area contributed by atoms with Crippen molar-refractivity contribution in [1.82, 2.24) is 4.90 Å². The van der Waals surface area contributed by atoms with Gasteiger partial charge < -0.3 is 4.74 Å². The molecule has 3 aromatic carbocycles. The van der Waals surface area contributed by atoms with Gasteiger partial charge in [0.25, 0.3) is 16.8 Å². The molecule has 1 aliphatic heterocycles. The Kier molecular flexibility index (Phi) is 7.28. The summed E-state index contributed by atoms with van der Waals surface area (Å²) in [6.07, 6.45) is 1.54. The highest BCUT2D eigenvalue weighted by Gasteiger charge is 2.36. The van der Waals surface area contributed by atoms with E-state index in [1.165, 1.54) is 24.3 Å². The highest BCUT2D eigenvalue weighted by molar-refractivity contribution is 8.18. The summed E-state index contributed by atoms with van der Waals surface area (Å²) in [5.41, 5.74) is 1.39. The molecule has 4 rings (SSSR count). The van der Waals surface area contributed by atoms with E-state index in [1.54, 1.807) is 36.4 Å². The number of non-ortho nitro benzene ring substituents is 1. The van der Waals surface area contributed by atoms with Crippen LogP contribution in [-0.4, -0.2) is 33.3 Å². The molecule has 10 heteroatoms. The van der Waals surface area contributed by atoms with Crippen molar-refractivity contribution in [3.8, 4) is 5.75 Å². The van der Waals surface area contributed by atoms with Crippen LogP contribution in [-0.2, 0) is 11.4 Å². The molecule has 1 saturated heterocycles. The zero-order chi connectivity index (χ0) is 24.9. The molecule has 0 bridgehead atoms. The van der Waals surface area contributed by atoms with Crippen LogP contribution in [0.4, 0.5) is 10.5 Å². The molecule has 0 spiro atoms. The molecule has 0 saturated carbocycles. The highest BCUT2D eigenvalue weighted by Crippen LogP contribution is 2.34. The number of amides is 2. The number of hydrogen-bond acceptors (Lipinski definition) is 7. The number of halogens is 1.